The molecular formula is C28H39N3O3. The van der Waals surface area contributed by atoms with E-state index in [1.165, 1.54) is 0 Å². The first-order valence-electron chi connectivity index (χ1n) is 12.4. The number of aromatic nitrogens is 2. The summed E-state index contributed by atoms with van der Waals surface area (Å²) in [6, 6.07) is 20.1. The van der Waals surface area contributed by atoms with Gasteiger partial charge >= 0.3 is 0 Å². The molecule has 1 aromatic heterocycles. The molecule has 6 nitrogen and oxygen atoms in total. The van der Waals surface area contributed by atoms with Crippen LogP contribution in [0, 0.1) is 0 Å². The molecule has 0 bridgehead atoms. The standard InChI is InChI=1S/C28H39N3O3/c1-5-7-18-33-21-24(32)19-30(22(3)4)20-26-27(6-2)29-31(23-14-10-8-11-15-23)28(26)34-25-16-12-9-13-17-25/h8-17,22,24,32H,5-7,18-21H2,1-4H3/t24-/m1/s1. The summed E-state index contributed by atoms with van der Waals surface area (Å²) in [6.07, 6.45) is 2.34. The first-order valence-corrected chi connectivity index (χ1v) is 12.4. The van der Waals surface area contributed by atoms with Crippen molar-refractivity contribution in [1.29, 1.82) is 0 Å². The molecule has 0 spiro atoms. The highest BCUT2D eigenvalue weighted by Crippen LogP contribution is 2.32. The van der Waals surface area contributed by atoms with Gasteiger partial charge in [-0.15, -0.1) is 0 Å². The summed E-state index contributed by atoms with van der Waals surface area (Å²) in [5.41, 5.74) is 2.99. The fourth-order valence-electron chi connectivity index (χ4n) is 3.82. The SMILES string of the molecule is CCCCOC[C@H](O)CN(Cc1c(CC)nn(-c2ccccc2)c1Oc1ccccc1)C(C)C. The zero-order valence-corrected chi connectivity index (χ0v) is 21.0. The summed E-state index contributed by atoms with van der Waals surface area (Å²) >= 11 is 0. The van der Waals surface area contributed by atoms with Crippen LogP contribution < -0.4 is 4.74 Å². The molecule has 0 fully saturated rings. The lowest BCUT2D eigenvalue weighted by atomic mass is 10.1. The molecule has 184 valence electrons. The summed E-state index contributed by atoms with van der Waals surface area (Å²) in [7, 11) is 0. The third-order valence-electron chi connectivity index (χ3n) is 5.80. The summed E-state index contributed by atoms with van der Waals surface area (Å²) in [5.74, 6) is 1.48. The normalized spacial score (nSPS) is 12.4. The quantitative estimate of drug-likeness (QED) is 0.313. The maximum absolute atomic E-state index is 10.6. The van der Waals surface area contributed by atoms with Gasteiger partial charge in [-0.25, -0.2) is 4.68 Å². The lowest BCUT2D eigenvalue weighted by Gasteiger charge is -2.29. The number of aryl methyl sites for hydroxylation is 1. The van der Waals surface area contributed by atoms with Gasteiger partial charge in [0.1, 0.15) is 5.75 Å². The van der Waals surface area contributed by atoms with Crippen LogP contribution in [0.25, 0.3) is 5.69 Å². The number of rotatable bonds is 14. The number of para-hydroxylation sites is 2. The monoisotopic (exact) mass is 465 g/mol. The lowest BCUT2D eigenvalue weighted by Crippen LogP contribution is -2.39. The molecule has 0 radical (unpaired) electrons. The van der Waals surface area contributed by atoms with E-state index in [1.54, 1.807) is 0 Å². The number of hydrogen-bond donors (Lipinski definition) is 1. The van der Waals surface area contributed by atoms with Gasteiger partial charge in [0.15, 0.2) is 0 Å². The van der Waals surface area contributed by atoms with Crippen LogP contribution in [0.2, 0.25) is 0 Å². The fourth-order valence-corrected chi connectivity index (χ4v) is 3.82. The topological polar surface area (TPSA) is 59.8 Å². The van der Waals surface area contributed by atoms with Crippen molar-refractivity contribution in [1.82, 2.24) is 14.7 Å². The van der Waals surface area contributed by atoms with Crippen molar-refractivity contribution in [2.24, 2.45) is 0 Å². The molecule has 1 atom stereocenters. The Morgan fingerprint density at radius 2 is 1.68 bits per heavy atom. The van der Waals surface area contributed by atoms with Gasteiger partial charge in [-0.05, 0) is 51.0 Å². The van der Waals surface area contributed by atoms with Gasteiger partial charge in [0.25, 0.3) is 0 Å². The van der Waals surface area contributed by atoms with E-state index in [1.807, 2.05) is 65.3 Å². The van der Waals surface area contributed by atoms with Crippen molar-refractivity contribution in [3.05, 3.63) is 71.9 Å². The average molecular weight is 466 g/mol. The minimum Gasteiger partial charge on any atom is -0.439 e. The molecule has 0 unspecified atom stereocenters. The number of ether oxygens (including phenoxy) is 2. The van der Waals surface area contributed by atoms with Crippen LogP contribution in [0.3, 0.4) is 0 Å². The van der Waals surface area contributed by atoms with Crippen molar-refractivity contribution >= 4 is 0 Å². The molecule has 3 rings (SSSR count). The highest BCUT2D eigenvalue weighted by atomic mass is 16.5. The molecule has 34 heavy (non-hydrogen) atoms. The molecule has 0 amide bonds. The van der Waals surface area contributed by atoms with Gasteiger partial charge in [0, 0.05) is 25.7 Å². The third-order valence-corrected chi connectivity index (χ3v) is 5.80. The molecular weight excluding hydrogens is 426 g/mol. The Balaban J connectivity index is 1.90. The second kappa shape index (κ2) is 13.3. The molecule has 0 aliphatic rings. The largest absolute Gasteiger partial charge is 0.439 e. The van der Waals surface area contributed by atoms with E-state index in [-0.39, 0.29) is 6.04 Å². The Kier molecular flexibility index (Phi) is 10.1. The molecule has 0 aliphatic heterocycles. The Morgan fingerprint density at radius 1 is 1.00 bits per heavy atom. The third kappa shape index (κ3) is 7.16. The van der Waals surface area contributed by atoms with Gasteiger partial charge in [-0.2, -0.15) is 5.10 Å². The molecule has 0 saturated heterocycles. The van der Waals surface area contributed by atoms with Crippen molar-refractivity contribution in [2.45, 2.75) is 65.6 Å². The van der Waals surface area contributed by atoms with E-state index in [4.69, 9.17) is 14.6 Å². The van der Waals surface area contributed by atoms with E-state index in [0.717, 1.165) is 42.0 Å². The molecule has 2 aromatic carbocycles. The van der Waals surface area contributed by atoms with E-state index >= 15 is 0 Å². The summed E-state index contributed by atoms with van der Waals surface area (Å²) in [5, 5.41) is 15.6. The predicted octanol–water partition coefficient (Wildman–Crippen LogP) is 5.62. The van der Waals surface area contributed by atoms with Crippen molar-refractivity contribution in [3.8, 4) is 17.3 Å². The van der Waals surface area contributed by atoms with Crippen LogP contribution in [0.5, 0.6) is 11.6 Å². The maximum Gasteiger partial charge on any atom is 0.227 e. The van der Waals surface area contributed by atoms with E-state index in [2.05, 4.69) is 32.6 Å². The van der Waals surface area contributed by atoms with E-state index < -0.39 is 6.10 Å². The van der Waals surface area contributed by atoms with Gasteiger partial charge < -0.3 is 14.6 Å². The van der Waals surface area contributed by atoms with E-state index in [9.17, 15) is 5.11 Å². The second-order valence-corrected chi connectivity index (χ2v) is 8.85. The second-order valence-electron chi connectivity index (χ2n) is 8.85. The Hall–Kier alpha value is -2.67. The fraction of sp³-hybridized carbons (Fsp3) is 0.464. The summed E-state index contributed by atoms with van der Waals surface area (Å²) in [6.45, 7) is 10.7. The minimum atomic E-state index is -0.549. The highest BCUT2D eigenvalue weighted by Gasteiger charge is 2.24. The Labute approximate surface area is 204 Å². The number of aliphatic hydroxyl groups is 1. The van der Waals surface area contributed by atoms with Crippen LogP contribution in [0.4, 0.5) is 0 Å². The number of unbranched alkanes of at least 4 members (excludes halogenated alkanes) is 1. The number of benzene rings is 2. The zero-order chi connectivity index (χ0) is 24.3. The molecule has 0 aliphatic carbocycles. The zero-order valence-electron chi connectivity index (χ0n) is 21.0. The van der Waals surface area contributed by atoms with Crippen LogP contribution >= 0.6 is 0 Å². The number of hydrogen-bond acceptors (Lipinski definition) is 5. The highest BCUT2D eigenvalue weighted by molar-refractivity contribution is 5.43. The van der Waals surface area contributed by atoms with Crippen LogP contribution in [0.15, 0.2) is 60.7 Å². The molecule has 0 saturated carbocycles. The maximum atomic E-state index is 10.6. The molecule has 1 N–H and O–H groups in total. The molecule has 6 heteroatoms. The van der Waals surface area contributed by atoms with Crippen LogP contribution in [0.1, 0.15) is 51.8 Å². The van der Waals surface area contributed by atoms with Crippen LogP contribution in [-0.2, 0) is 17.7 Å². The first kappa shape index (κ1) is 25.9. The lowest BCUT2D eigenvalue weighted by molar-refractivity contribution is 0.00841. The Morgan fingerprint density at radius 3 is 2.29 bits per heavy atom. The van der Waals surface area contributed by atoms with Crippen LogP contribution in [-0.4, -0.2) is 51.7 Å². The average Bonchev–Trinajstić information content (AvgIpc) is 3.19. The summed E-state index contributed by atoms with van der Waals surface area (Å²) in [4.78, 5) is 2.26. The smallest absolute Gasteiger partial charge is 0.227 e. The Bertz CT molecular complexity index is 973. The minimum absolute atomic E-state index is 0.236. The van der Waals surface area contributed by atoms with Crippen molar-refractivity contribution in [3.63, 3.8) is 0 Å². The first-order chi connectivity index (χ1) is 16.5. The van der Waals surface area contributed by atoms with Crippen molar-refractivity contribution in [2.75, 3.05) is 19.8 Å². The summed E-state index contributed by atoms with van der Waals surface area (Å²) < 4.78 is 14.0. The van der Waals surface area contributed by atoms with Gasteiger partial charge in [-0.3, -0.25) is 4.90 Å². The molecule has 1 heterocycles. The number of aliphatic hydroxyl groups excluding tert-OH is 1. The van der Waals surface area contributed by atoms with Gasteiger partial charge in [-0.1, -0.05) is 56.7 Å². The van der Waals surface area contributed by atoms with Gasteiger partial charge in [0.2, 0.25) is 5.88 Å². The number of nitrogens with zero attached hydrogens (tertiary/aromatic N) is 3. The molecule has 3 aromatic rings. The van der Waals surface area contributed by atoms with Crippen molar-refractivity contribution < 1.29 is 14.6 Å². The predicted molar refractivity (Wildman–Crippen MR) is 137 cm³/mol. The van der Waals surface area contributed by atoms with E-state index in [0.29, 0.717) is 32.2 Å². The van der Waals surface area contributed by atoms with Gasteiger partial charge in [0.05, 0.1) is 29.7 Å².